The average molecular weight is 481 g/mol. The monoisotopic (exact) mass is 481 g/mol. The second-order valence-electron chi connectivity index (χ2n) is 8.74. The van der Waals surface area contributed by atoms with Crippen molar-refractivity contribution in [2.75, 3.05) is 7.11 Å². The van der Waals surface area contributed by atoms with Crippen molar-refractivity contribution in [3.63, 3.8) is 0 Å². The Morgan fingerprint density at radius 2 is 1.80 bits per heavy atom. The zero-order valence-electron chi connectivity index (χ0n) is 18.9. The lowest BCUT2D eigenvalue weighted by Crippen LogP contribution is -2.26. The van der Waals surface area contributed by atoms with Gasteiger partial charge in [-0.1, -0.05) is 12.1 Å². The zero-order chi connectivity index (χ0) is 25.0. The van der Waals surface area contributed by atoms with Gasteiger partial charge in [0.2, 0.25) is 0 Å². The fourth-order valence-corrected chi connectivity index (χ4v) is 4.38. The van der Waals surface area contributed by atoms with Gasteiger partial charge in [0.05, 0.1) is 23.8 Å². The molecule has 7 nitrogen and oxygen atoms in total. The van der Waals surface area contributed by atoms with Crippen LogP contribution in [0.1, 0.15) is 40.0 Å². The van der Waals surface area contributed by atoms with Crippen LogP contribution >= 0.6 is 0 Å². The number of alkyl halides is 2. The van der Waals surface area contributed by atoms with Gasteiger partial charge in [0.15, 0.2) is 11.5 Å². The average Bonchev–Trinajstić information content (AvgIpc) is 3.56. The van der Waals surface area contributed by atoms with E-state index in [1.54, 1.807) is 18.2 Å². The number of halogens is 2. The Balaban J connectivity index is 1.41. The predicted octanol–water partition coefficient (Wildman–Crippen LogP) is 4.71. The van der Waals surface area contributed by atoms with Gasteiger partial charge in [-0.3, -0.25) is 9.78 Å². The van der Waals surface area contributed by atoms with Gasteiger partial charge in [0.1, 0.15) is 11.5 Å². The summed E-state index contributed by atoms with van der Waals surface area (Å²) in [7, 11) is 1.25. The molecule has 0 atom stereocenters. The first-order chi connectivity index (χ1) is 16.6. The molecule has 35 heavy (non-hydrogen) atoms. The minimum atomic E-state index is -3.72. The van der Waals surface area contributed by atoms with E-state index in [0.717, 1.165) is 5.56 Å². The van der Waals surface area contributed by atoms with Gasteiger partial charge < -0.3 is 19.3 Å². The second kappa shape index (κ2) is 8.04. The van der Waals surface area contributed by atoms with Gasteiger partial charge in [0, 0.05) is 17.7 Å². The normalized spacial score (nSPS) is 16.6. The van der Waals surface area contributed by atoms with Crippen molar-refractivity contribution in [3.8, 4) is 28.5 Å². The number of benzene rings is 2. The van der Waals surface area contributed by atoms with Crippen molar-refractivity contribution >= 4 is 11.8 Å². The van der Waals surface area contributed by atoms with Crippen molar-refractivity contribution < 1.29 is 37.7 Å². The highest BCUT2D eigenvalue weighted by molar-refractivity contribution is 5.95. The first-order valence-electron chi connectivity index (χ1n) is 10.9. The van der Waals surface area contributed by atoms with Crippen molar-refractivity contribution in [1.29, 1.82) is 0 Å². The summed E-state index contributed by atoms with van der Waals surface area (Å²) in [6.07, 6.45) is -2.50. The Bertz CT molecular complexity index is 1370. The number of ether oxygens (including phenoxy) is 3. The molecule has 5 rings (SSSR count). The maximum Gasteiger partial charge on any atom is 0.586 e. The van der Waals surface area contributed by atoms with E-state index in [0.29, 0.717) is 35.4 Å². The first-order valence-corrected chi connectivity index (χ1v) is 10.9. The van der Waals surface area contributed by atoms with Crippen LogP contribution in [-0.4, -0.2) is 35.2 Å². The minimum absolute atomic E-state index is 0.0283. The third-order valence-corrected chi connectivity index (χ3v) is 6.35. The van der Waals surface area contributed by atoms with E-state index in [9.17, 15) is 23.5 Å². The fourth-order valence-electron chi connectivity index (χ4n) is 4.38. The van der Waals surface area contributed by atoms with Crippen LogP contribution in [-0.2, 0) is 21.4 Å². The molecule has 0 radical (unpaired) electrons. The van der Waals surface area contributed by atoms with Crippen molar-refractivity contribution in [2.24, 2.45) is 0 Å². The van der Waals surface area contributed by atoms with Gasteiger partial charge in [-0.05, 0) is 67.3 Å². The number of fused-ring (bicyclic) bond motifs is 1. The molecule has 9 heteroatoms. The third-order valence-electron chi connectivity index (χ3n) is 6.35. The molecular formula is C26H21F2NO6. The summed E-state index contributed by atoms with van der Waals surface area (Å²) in [5.74, 6) is -0.951. The summed E-state index contributed by atoms with van der Waals surface area (Å²) in [5.41, 5.74) is 2.33. The SMILES string of the molecule is COC(=O)c1cc(O)cc(-c2nc(CC(=O)C3(c4ccc5c(c4)OC(F)(F)O5)CC3)ccc2C)c1. The molecule has 1 aromatic heterocycles. The summed E-state index contributed by atoms with van der Waals surface area (Å²) in [5, 5.41) is 10.1. The number of phenols is 1. The lowest BCUT2D eigenvalue weighted by Gasteiger charge is -2.16. The van der Waals surface area contributed by atoms with E-state index in [2.05, 4.69) is 14.5 Å². The van der Waals surface area contributed by atoms with Crippen molar-refractivity contribution in [2.45, 2.75) is 37.9 Å². The minimum Gasteiger partial charge on any atom is -0.508 e. The van der Waals surface area contributed by atoms with Gasteiger partial charge >= 0.3 is 12.3 Å². The number of hydrogen-bond acceptors (Lipinski definition) is 7. The molecule has 180 valence electrons. The molecule has 1 aliphatic carbocycles. The fraction of sp³-hybridized carbons (Fsp3) is 0.269. The van der Waals surface area contributed by atoms with Crippen LogP contribution in [0.2, 0.25) is 0 Å². The highest BCUT2D eigenvalue weighted by Gasteiger charge is 2.52. The molecule has 0 saturated heterocycles. The number of phenolic OH excluding ortho intramolecular Hbond substituents is 1. The number of carbonyl (C=O) groups excluding carboxylic acids is 2. The lowest BCUT2D eigenvalue weighted by molar-refractivity contribution is -0.286. The molecule has 1 saturated carbocycles. The van der Waals surface area contributed by atoms with Crippen LogP contribution in [0.3, 0.4) is 0 Å². The number of hydrogen-bond donors (Lipinski definition) is 1. The standard InChI is InChI=1S/C26H21F2NO6/c1-14-3-5-18(29-23(14)15-9-16(24(32)33-2)11-19(30)10-15)13-22(31)25(7-8-25)17-4-6-20-21(12-17)35-26(27,28)34-20/h3-6,9-12,30H,7-8,13H2,1-2H3. The number of methoxy groups -OCH3 is 1. The van der Waals surface area contributed by atoms with E-state index < -0.39 is 17.7 Å². The molecule has 0 unspecified atom stereocenters. The predicted molar refractivity (Wildman–Crippen MR) is 120 cm³/mol. The van der Waals surface area contributed by atoms with E-state index in [4.69, 9.17) is 4.74 Å². The van der Waals surface area contributed by atoms with Crippen LogP contribution in [0.15, 0.2) is 48.5 Å². The molecular weight excluding hydrogens is 460 g/mol. The summed E-state index contributed by atoms with van der Waals surface area (Å²) in [6.45, 7) is 1.83. The van der Waals surface area contributed by atoms with Gasteiger partial charge in [-0.2, -0.15) is 0 Å². The van der Waals surface area contributed by atoms with Gasteiger partial charge in [-0.25, -0.2) is 4.79 Å². The summed E-state index contributed by atoms with van der Waals surface area (Å²) in [6, 6.07) is 12.4. The Morgan fingerprint density at radius 1 is 1.06 bits per heavy atom. The van der Waals surface area contributed by atoms with E-state index in [-0.39, 0.29) is 35.0 Å². The Hall–Kier alpha value is -4.01. The molecule has 0 spiro atoms. The number of aromatic hydroxyl groups is 1. The topological polar surface area (TPSA) is 95.0 Å². The quantitative estimate of drug-likeness (QED) is 0.510. The summed E-state index contributed by atoms with van der Waals surface area (Å²) in [4.78, 5) is 29.9. The van der Waals surface area contributed by atoms with Crippen LogP contribution in [0.25, 0.3) is 11.3 Å². The second-order valence-corrected chi connectivity index (χ2v) is 8.74. The number of carbonyl (C=O) groups is 2. The lowest BCUT2D eigenvalue weighted by atomic mass is 9.88. The maximum absolute atomic E-state index is 13.4. The molecule has 1 fully saturated rings. The molecule has 1 aliphatic heterocycles. The summed E-state index contributed by atoms with van der Waals surface area (Å²) >= 11 is 0. The number of ketones is 1. The largest absolute Gasteiger partial charge is 0.586 e. The molecule has 0 amide bonds. The van der Waals surface area contributed by atoms with Gasteiger partial charge in [-0.15, -0.1) is 8.78 Å². The van der Waals surface area contributed by atoms with Crippen molar-refractivity contribution in [1.82, 2.24) is 4.98 Å². The maximum atomic E-state index is 13.4. The summed E-state index contributed by atoms with van der Waals surface area (Å²) < 4.78 is 40.5. The number of aryl methyl sites for hydroxylation is 1. The van der Waals surface area contributed by atoms with Crippen LogP contribution < -0.4 is 9.47 Å². The Morgan fingerprint density at radius 3 is 2.51 bits per heavy atom. The van der Waals surface area contributed by atoms with Gasteiger partial charge in [0.25, 0.3) is 0 Å². The number of aromatic nitrogens is 1. The number of nitrogens with zero attached hydrogens (tertiary/aromatic N) is 1. The Kier molecular flexibility index (Phi) is 5.23. The van der Waals surface area contributed by atoms with E-state index in [1.807, 2.05) is 13.0 Å². The number of rotatable bonds is 6. The smallest absolute Gasteiger partial charge is 0.508 e. The molecule has 0 bridgehead atoms. The van der Waals surface area contributed by atoms with Crippen LogP contribution in [0.5, 0.6) is 17.2 Å². The van der Waals surface area contributed by atoms with Crippen LogP contribution in [0, 0.1) is 6.92 Å². The number of esters is 1. The molecule has 1 N–H and O–H groups in total. The number of pyridine rings is 1. The first kappa shape index (κ1) is 22.8. The highest BCUT2D eigenvalue weighted by Crippen LogP contribution is 2.52. The third kappa shape index (κ3) is 4.18. The van der Waals surface area contributed by atoms with E-state index in [1.165, 1.54) is 31.4 Å². The van der Waals surface area contributed by atoms with Crippen molar-refractivity contribution in [3.05, 3.63) is 70.9 Å². The highest BCUT2D eigenvalue weighted by atomic mass is 19.3. The molecule has 2 aromatic carbocycles. The van der Waals surface area contributed by atoms with E-state index >= 15 is 0 Å². The van der Waals surface area contributed by atoms with Crippen LogP contribution in [0.4, 0.5) is 8.78 Å². The zero-order valence-corrected chi connectivity index (χ0v) is 18.9. The Labute approximate surface area is 199 Å². The molecule has 2 heterocycles. The molecule has 2 aliphatic rings. The number of Topliss-reactive ketones (excluding diaryl/α,β-unsaturated/α-hetero) is 1. The molecule has 3 aromatic rings.